The van der Waals surface area contributed by atoms with Crippen LogP contribution in [0, 0.1) is 0 Å². The molecule has 0 saturated carbocycles. The highest BCUT2D eigenvalue weighted by atomic mass is 35.5. The third kappa shape index (κ3) is 4.44. The van der Waals surface area contributed by atoms with Gasteiger partial charge in [-0.15, -0.1) is 24.2 Å². The predicted molar refractivity (Wildman–Crippen MR) is 78.9 cm³/mol. The Morgan fingerprint density at radius 3 is 2.39 bits per heavy atom. The summed E-state index contributed by atoms with van der Waals surface area (Å²) in [6.07, 6.45) is 1.85. The van der Waals surface area contributed by atoms with Gasteiger partial charge in [-0.25, -0.2) is 13.1 Å². The second-order valence-electron chi connectivity index (χ2n) is 4.34. The van der Waals surface area contributed by atoms with Crippen LogP contribution >= 0.6 is 24.2 Å². The molecule has 0 fully saturated rings. The highest BCUT2D eigenvalue weighted by Gasteiger charge is 2.26. The van der Waals surface area contributed by atoms with Crippen molar-refractivity contribution in [1.29, 1.82) is 0 Å². The third-order valence-corrected chi connectivity index (χ3v) is 4.96. The number of nitrogens with one attached hydrogen (secondary N) is 1. The largest absolute Gasteiger partial charge is 0.329 e. The van der Waals surface area contributed by atoms with Gasteiger partial charge in [-0.2, -0.15) is 0 Å². The average Bonchev–Trinajstić information content (AvgIpc) is 2.28. The number of nitrogens with two attached hydrogens (primary N) is 1. The lowest BCUT2D eigenvalue weighted by atomic mass is 10.1. The minimum atomic E-state index is -3.52. The van der Waals surface area contributed by atoms with E-state index in [1.165, 1.54) is 11.8 Å². The third-order valence-electron chi connectivity index (χ3n) is 2.28. The molecule has 4 nitrogen and oxygen atoms in total. The lowest BCUT2D eigenvalue weighted by Crippen LogP contribution is -2.48. The van der Waals surface area contributed by atoms with Crippen LogP contribution in [0.15, 0.2) is 34.1 Å². The Labute approximate surface area is 119 Å². The molecule has 0 atom stereocenters. The van der Waals surface area contributed by atoms with Crippen LogP contribution in [0.1, 0.15) is 13.8 Å². The fourth-order valence-electron chi connectivity index (χ4n) is 1.30. The fourth-order valence-corrected chi connectivity index (χ4v) is 3.88. The van der Waals surface area contributed by atoms with E-state index in [9.17, 15) is 8.42 Å². The molecular formula is C11H19ClN2O2S2. The van der Waals surface area contributed by atoms with Crippen molar-refractivity contribution in [3.8, 4) is 0 Å². The number of hydrogen-bond acceptors (Lipinski definition) is 4. The van der Waals surface area contributed by atoms with Crippen molar-refractivity contribution >= 4 is 34.2 Å². The molecule has 3 N–H and O–H groups in total. The molecule has 104 valence electrons. The first-order chi connectivity index (χ1) is 7.82. The topological polar surface area (TPSA) is 72.2 Å². The van der Waals surface area contributed by atoms with E-state index in [-0.39, 0.29) is 19.0 Å². The first-order valence-corrected chi connectivity index (χ1v) is 7.90. The first-order valence-electron chi connectivity index (χ1n) is 5.19. The Kier molecular flexibility index (Phi) is 6.67. The Balaban J connectivity index is 0.00000289. The lowest BCUT2D eigenvalue weighted by Gasteiger charge is -2.24. The van der Waals surface area contributed by atoms with Crippen molar-refractivity contribution < 1.29 is 8.42 Å². The van der Waals surface area contributed by atoms with Crippen molar-refractivity contribution in [3.05, 3.63) is 24.3 Å². The molecule has 0 bridgehead atoms. The Hall–Kier alpha value is -0.270. The smallest absolute Gasteiger partial charge is 0.242 e. The number of thioether (sulfide) groups is 1. The summed E-state index contributed by atoms with van der Waals surface area (Å²) >= 11 is 1.41. The van der Waals surface area contributed by atoms with E-state index in [1.54, 1.807) is 32.0 Å². The van der Waals surface area contributed by atoms with E-state index < -0.39 is 15.6 Å². The van der Waals surface area contributed by atoms with Gasteiger partial charge in [0.25, 0.3) is 0 Å². The molecule has 0 heterocycles. The Bertz CT molecular complexity index is 490. The second kappa shape index (κ2) is 6.77. The van der Waals surface area contributed by atoms with Crippen LogP contribution < -0.4 is 10.5 Å². The highest BCUT2D eigenvalue weighted by Crippen LogP contribution is 2.24. The number of rotatable bonds is 5. The second-order valence-corrected chi connectivity index (χ2v) is 6.84. The zero-order chi connectivity index (χ0) is 13.1. The number of benzene rings is 1. The summed E-state index contributed by atoms with van der Waals surface area (Å²) in [6, 6.07) is 6.91. The van der Waals surface area contributed by atoms with Gasteiger partial charge in [0.15, 0.2) is 0 Å². The summed E-state index contributed by atoms with van der Waals surface area (Å²) < 4.78 is 27.0. The van der Waals surface area contributed by atoms with Crippen LogP contribution in [-0.4, -0.2) is 26.8 Å². The van der Waals surface area contributed by atoms with E-state index in [2.05, 4.69) is 4.72 Å². The molecule has 0 radical (unpaired) electrons. The molecule has 18 heavy (non-hydrogen) atoms. The summed E-state index contributed by atoms with van der Waals surface area (Å²) in [5.41, 5.74) is 4.88. The highest BCUT2D eigenvalue weighted by molar-refractivity contribution is 7.99. The standard InChI is InChI=1S/C11H18N2O2S2.ClH/c1-11(2,8-12)13-17(14,15)10-7-5-4-6-9(10)16-3;/h4-7,13H,8,12H2,1-3H3;1H. The SMILES string of the molecule is CSc1ccccc1S(=O)(=O)NC(C)(C)CN.Cl. The molecule has 7 heteroatoms. The molecular weight excluding hydrogens is 292 g/mol. The molecule has 1 rings (SSSR count). The summed E-state index contributed by atoms with van der Waals surface area (Å²) in [5, 5.41) is 0. The zero-order valence-corrected chi connectivity index (χ0v) is 13.1. The van der Waals surface area contributed by atoms with Crippen molar-refractivity contribution in [2.75, 3.05) is 12.8 Å². The first kappa shape index (κ1) is 17.7. The van der Waals surface area contributed by atoms with Crippen LogP contribution in [-0.2, 0) is 10.0 Å². The minimum absolute atomic E-state index is 0. The Morgan fingerprint density at radius 1 is 1.33 bits per heavy atom. The predicted octanol–water partition coefficient (Wildman–Crippen LogP) is 1.85. The molecule has 0 aliphatic heterocycles. The van der Waals surface area contributed by atoms with E-state index in [4.69, 9.17) is 5.73 Å². The molecule has 0 aliphatic carbocycles. The fraction of sp³-hybridized carbons (Fsp3) is 0.455. The van der Waals surface area contributed by atoms with Crippen molar-refractivity contribution in [1.82, 2.24) is 4.72 Å². The van der Waals surface area contributed by atoms with Gasteiger partial charge in [0.2, 0.25) is 10.0 Å². The van der Waals surface area contributed by atoms with Gasteiger partial charge in [-0.3, -0.25) is 0 Å². The zero-order valence-electron chi connectivity index (χ0n) is 10.6. The van der Waals surface area contributed by atoms with E-state index in [0.29, 0.717) is 4.90 Å². The van der Waals surface area contributed by atoms with Crippen LogP contribution in [0.25, 0.3) is 0 Å². The van der Waals surface area contributed by atoms with Crippen LogP contribution in [0.4, 0.5) is 0 Å². The summed E-state index contributed by atoms with van der Waals surface area (Å²) in [6.45, 7) is 3.76. The molecule has 0 amide bonds. The molecule has 0 aromatic heterocycles. The summed E-state index contributed by atoms with van der Waals surface area (Å²) in [4.78, 5) is 1.03. The van der Waals surface area contributed by atoms with Gasteiger partial charge in [-0.05, 0) is 32.2 Å². The van der Waals surface area contributed by atoms with Gasteiger partial charge in [0.1, 0.15) is 0 Å². The number of halogens is 1. The van der Waals surface area contributed by atoms with Gasteiger partial charge >= 0.3 is 0 Å². The van der Waals surface area contributed by atoms with Gasteiger partial charge in [-0.1, -0.05) is 12.1 Å². The number of hydrogen-bond donors (Lipinski definition) is 2. The average molecular weight is 311 g/mol. The molecule has 0 spiro atoms. The van der Waals surface area contributed by atoms with Crippen molar-refractivity contribution in [3.63, 3.8) is 0 Å². The maximum atomic E-state index is 12.2. The minimum Gasteiger partial charge on any atom is -0.329 e. The molecule has 0 saturated heterocycles. The van der Waals surface area contributed by atoms with E-state index in [0.717, 1.165) is 4.90 Å². The molecule has 1 aromatic carbocycles. The van der Waals surface area contributed by atoms with Crippen molar-refractivity contribution in [2.24, 2.45) is 5.73 Å². The molecule has 0 unspecified atom stereocenters. The van der Waals surface area contributed by atoms with Crippen LogP contribution in [0.2, 0.25) is 0 Å². The monoisotopic (exact) mass is 310 g/mol. The normalized spacial score (nSPS) is 12.0. The van der Waals surface area contributed by atoms with E-state index >= 15 is 0 Å². The Morgan fingerprint density at radius 2 is 1.89 bits per heavy atom. The maximum Gasteiger partial charge on any atom is 0.242 e. The van der Waals surface area contributed by atoms with Gasteiger partial charge in [0, 0.05) is 17.0 Å². The lowest BCUT2D eigenvalue weighted by molar-refractivity contribution is 0.462. The number of sulfonamides is 1. The quantitative estimate of drug-likeness (QED) is 0.814. The molecule has 0 aliphatic rings. The van der Waals surface area contributed by atoms with Gasteiger partial charge in [0.05, 0.1) is 4.90 Å². The van der Waals surface area contributed by atoms with E-state index in [1.807, 2.05) is 12.3 Å². The van der Waals surface area contributed by atoms with Crippen molar-refractivity contribution in [2.45, 2.75) is 29.2 Å². The molecule has 1 aromatic rings. The van der Waals surface area contributed by atoms with Gasteiger partial charge < -0.3 is 5.73 Å². The summed E-state index contributed by atoms with van der Waals surface area (Å²) in [7, 11) is -3.52. The maximum absolute atomic E-state index is 12.2. The summed E-state index contributed by atoms with van der Waals surface area (Å²) in [5.74, 6) is 0. The van der Waals surface area contributed by atoms with Crippen LogP contribution in [0.3, 0.4) is 0 Å². The van der Waals surface area contributed by atoms with Crippen LogP contribution in [0.5, 0.6) is 0 Å².